The minimum absolute atomic E-state index is 0.265. The molecule has 0 aliphatic rings. The van der Waals surface area contributed by atoms with E-state index in [0.29, 0.717) is 18.0 Å². The summed E-state index contributed by atoms with van der Waals surface area (Å²) in [4.78, 5) is 11.9. The summed E-state index contributed by atoms with van der Waals surface area (Å²) >= 11 is 0. The summed E-state index contributed by atoms with van der Waals surface area (Å²) in [5.74, 6) is 0.0696. The van der Waals surface area contributed by atoms with Crippen LogP contribution in [0.4, 0.5) is 5.69 Å². The van der Waals surface area contributed by atoms with Gasteiger partial charge in [0, 0.05) is 6.54 Å². The Labute approximate surface area is 126 Å². The molecular formula is C14H22N2O4S. The lowest BCUT2D eigenvalue weighted by molar-refractivity contribution is -0.119. The average molecular weight is 314 g/mol. The molecule has 0 radical (unpaired) electrons. The van der Waals surface area contributed by atoms with E-state index in [1.807, 2.05) is 19.9 Å². The van der Waals surface area contributed by atoms with Crippen LogP contribution in [0.25, 0.3) is 0 Å². The molecule has 1 aromatic rings. The van der Waals surface area contributed by atoms with Gasteiger partial charge in [0.1, 0.15) is 12.3 Å². The zero-order chi connectivity index (χ0) is 16.0. The van der Waals surface area contributed by atoms with Crippen LogP contribution >= 0.6 is 0 Å². The van der Waals surface area contributed by atoms with Crippen molar-refractivity contribution in [1.82, 2.24) is 5.32 Å². The van der Waals surface area contributed by atoms with Crippen LogP contribution < -0.4 is 14.4 Å². The highest BCUT2D eigenvalue weighted by Gasteiger charge is 2.23. The molecule has 1 amide bonds. The highest BCUT2D eigenvalue weighted by molar-refractivity contribution is 7.92. The highest BCUT2D eigenvalue weighted by Crippen LogP contribution is 2.30. The number of amides is 1. The standard InChI is InChI=1S/C14H22N2O4S/c1-5-8-15-14(17)10-16(21(4,18)19)12-9-11(2)6-7-13(12)20-3/h6-7,9H,5,8,10H2,1-4H3,(H,15,17). The normalized spacial score (nSPS) is 11.0. The van der Waals surface area contributed by atoms with Crippen LogP contribution in [0.15, 0.2) is 18.2 Å². The van der Waals surface area contributed by atoms with Crippen molar-refractivity contribution < 1.29 is 17.9 Å². The number of methoxy groups -OCH3 is 1. The second kappa shape index (κ2) is 7.31. The monoisotopic (exact) mass is 314 g/mol. The van der Waals surface area contributed by atoms with Gasteiger partial charge in [0.2, 0.25) is 15.9 Å². The first-order valence-corrected chi connectivity index (χ1v) is 8.53. The summed E-state index contributed by atoms with van der Waals surface area (Å²) in [5.41, 5.74) is 1.25. The van der Waals surface area contributed by atoms with Crippen molar-refractivity contribution in [3.8, 4) is 5.75 Å². The molecule has 1 N–H and O–H groups in total. The SMILES string of the molecule is CCCNC(=O)CN(c1cc(C)ccc1OC)S(C)(=O)=O. The molecule has 0 heterocycles. The lowest BCUT2D eigenvalue weighted by atomic mass is 10.2. The van der Waals surface area contributed by atoms with Gasteiger partial charge in [-0.05, 0) is 31.0 Å². The van der Waals surface area contributed by atoms with E-state index in [0.717, 1.165) is 22.5 Å². The summed E-state index contributed by atoms with van der Waals surface area (Å²) in [5, 5.41) is 2.67. The van der Waals surface area contributed by atoms with Crippen molar-refractivity contribution in [3.05, 3.63) is 23.8 Å². The van der Waals surface area contributed by atoms with Crippen molar-refractivity contribution >= 4 is 21.6 Å². The Balaban J connectivity index is 3.15. The number of hydrogen-bond acceptors (Lipinski definition) is 4. The molecule has 0 saturated heterocycles. The van der Waals surface area contributed by atoms with Crippen molar-refractivity contribution in [2.24, 2.45) is 0 Å². The van der Waals surface area contributed by atoms with E-state index in [-0.39, 0.29) is 12.5 Å². The number of sulfonamides is 1. The van der Waals surface area contributed by atoms with Crippen molar-refractivity contribution in [1.29, 1.82) is 0 Å². The third-order valence-electron chi connectivity index (χ3n) is 2.86. The zero-order valence-corrected chi connectivity index (χ0v) is 13.7. The van der Waals surface area contributed by atoms with Gasteiger partial charge < -0.3 is 10.1 Å². The van der Waals surface area contributed by atoms with Gasteiger partial charge in [-0.15, -0.1) is 0 Å². The first-order valence-electron chi connectivity index (χ1n) is 6.68. The Morgan fingerprint density at radius 2 is 2.05 bits per heavy atom. The Hall–Kier alpha value is -1.76. The number of anilines is 1. The number of aryl methyl sites for hydroxylation is 1. The number of nitrogens with zero attached hydrogens (tertiary/aromatic N) is 1. The predicted octanol–water partition coefficient (Wildman–Crippen LogP) is 1.30. The molecule has 6 nitrogen and oxygen atoms in total. The lowest BCUT2D eigenvalue weighted by Gasteiger charge is -2.24. The maximum Gasteiger partial charge on any atom is 0.240 e. The highest BCUT2D eigenvalue weighted by atomic mass is 32.2. The van der Waals surface area contributed by atoms with Crippen LogP contribution in [-0.4, -0.2) is 40.8 Å². The van der Waals surface area contributed by atoms with Crippen LogP contribution in [0, 0.1) is 6.92 Å². The Kier molecular flexibility index (Phi) is 6.02. The Morgan fingerprint density at radius 1 is 1.38 bits per heavy atom. The van der Waals surface area contributed by atoms with Gasteiger partial charge in [0.25, 0.3) is 0 Å². The predicted molar refractivity (Wildman–Crippen MR) is 83.2 cm³/mol. The van der Waals surface area contributed by atoms with Crippen molar-refractivity contribution in [2.75, 3.05) is 30.8 Å². The van der Waals surface area contributed by atoms with Gasteiger partial charge in [-0.2, -0.15) is 0 Å². The molecule has 1 aromatic carbocycles. The topological polar surface area (TPSA) is 75.7 Å². The van der Waals surface area contributed by atoms with Gasteiger partial charge in [-0.25, -0.2) is 8.42 Å². The molecule has 0 saturated carbocycles. The van der Waals surface area contributed by atoms with E-state index in [9.17, 15) is 13.2 Å². The number of benzene rings is 1. The van der Waals surface area contributed by atoms with Gasteiger partial charge in [0.05, 0.1) is 19.1 Å². The Bertz CT molecular complexity index is 599. The molecule has 0 spiro atoms. The summed E-state index contributed by atoms with van der Waals surface area (Å²) in [6.07, 6.45) is 1.86. The molecule has 21 heavy (non-hydrogen) atoms. The molecule has 0 aliphatic carbocycles. The molecule has 1 rings (SSSR count). The van der Waals surface area contributed by atoms with E-state index < -0.39 is 10.0 Å². The summed E-state index contributed by atoms with van der Waals surface area (Å²) < 4.78 is 30.3. The van der Waals surface area contributed by atoms with Crippen molar-refractivity contribution in [3.63, 3.8) is 0 Å². The first-order chi connectivity index (χ1) is 9.79. The van der Waals surface area contributed by atoms with Crippen LogP contribution in [0.1, 0.15) is 18.9 Å². The molecule has 0 fully saturated rings. The molecular weight excluding hydrogens is 292 g/mol. The van der Waals surface area contributed by atoms with E-state index >= 15 is 0 Å². The minimum atomic E-state index is -3.59. The number of nitrogens with one attached hydrogen (secondary N) is 1. The van der Waals surface area contributed by atoms with Gasteiger partial charge in [0.15, 0.2) is 0 Å². The third-order valence-corrected chi connectivity index (χ3v) is 3.99. The van der Waals surface area contributed by atoms with Gasteiger partial charge in [-0.3, -0.25) is 9.10 Å². The van der Waals surface area contributed by atoms with E-state index in [1.54, 1.807) is 12.1 Å². The number of carbonyl (C=O) groups excluding carboxylic acids is 1. The van der Waals surface area contributed by atoms with Crippen LogP contribution in [-0.2, 0) is 14.8 Å². The largest absolute Gasteiger partial charge is 0.495 e. The molecule has 7 heteroatoms. The maximum absolute atomic E-state index is 12.0. The molecule has 0 bridgehead atoms. The van der Waals surface area contributed by atoms with Gasteiger partial charge in [-0.1, -0.05) is 13.0 Å². The van der Waals surface area contributed by atoms with Crippen LogP contribution in [0.3, 0.4) is 0 Å². The summed E-state index contributed by atoms with van der Waals surface area (Å²) in [6.45, 7) is 4.03. The Morgan fingerprint density at radius 3 is 2.57 bits per heavy atom. The number of carbonyl (C=O) groups is 1. The van der Waals surface area contributed by atoms with Crippen LogP contribution in [0.5, 0.6) is 5.75 Å². The zero-order valence-electron chi connectivity index (χ0n) is 12.8. The van der Waals surface area contributed by atoms with Gasteiger partial charge >= 0.3 is 0 Å². The lowest BCUT2D eigenvalue weighted by Crippen LogP contribution is -2.40. The van der Waals surface area contributed by atoms with Crippen molar-refractivity contribution in [2.45, 2.75) is 20.3 Å². The smallest absolute Gasteiger partial charge is 0.240 e. The number of hydrogen-bond donors (Lipinski definition) is 1. The molecule has 0 unspecified atom stereocenters. The average Bonchev–Trinajstić information content (AvgIpc) is 2.41. The minimum Gasteiger partial charge on any atom is -0.495 e. The fourth-order valence-electron chi connectivity index (χ4n) is 1.83. The van der Waals surface area contributed by atoms with E-state index in [2.05, 4.69) is 5.32 Å². The second-order valence-electron chi connectivity index (χ2n) is 4.79. The molecule has 0 aromatic heterocycles. The first kappa shape index (κ1) is 17.3. The maximum atomic E-state index is 12.0. The van der Waals surface area contributed by atoms with E-state index in [4.69, 9.17) is 4.74 Å². The third kappa shape index (κ3) is 4.93. The number of ether oxygens (including phenoxy) is 1. The fourth-order valence-corrected chi connectivity index (χ4v) is 2.68. The second-order valence-corrected chi connectivity index (χ2v) is 6.70. The quantitative estimate of drug-likeness (QED) is 0.823. The summed E-state index contributed by atoms with van der Waals surface area (Å²) in [6, 6.07) is 5.19. The van der Waals surface area contributed by atoms with Crippen LogP contribution in [0.2, 0.25) is 0 Å². The fraction of sp³-hybridized carbons (Fsp3) is 0.500. The molecule has 118 valence electrons. The van der Waals surface area contributed by atoms with E-state index in [1.165, 1.54) is 7.11 Å². The molecule has 0 aliphatic heterocycles. The molecule has 0 atom stereocenters. The summed E-state index contributed by atoms with van der Waals surface area (Å²) in [7, 11) is -2.13. The number of rotatable bonds is 7.